The molecule has 0 aliphatic carbocycles. The van der Waals surface area contributed by atoms with Gasteiger partial charge in [-0.3, -0.25) is 0 Å². The van der Waals surface area contributed by atoms with Gasteiger partial charge in [0.15, 0.2) is 5.16 Å². The molecule has 0 spiro atoms. The first-order valence-corrected chi connectivity index (χ1v) is 9.40. The van der Waals surface area contributed by atoms with Gasteiger partial charge in [0.2, 0.25) is 0 Å². The SMILES string of the molecule is CSc1ncc(CNS(=O)(=O)N(C)Cc2ccccc2)n1C. The minimum Gasteiger partial charge on any atom is -0.325 e. The van der Waals surface area contributed by atoms with Crippen LogP contribution in [0.15, 0.2) is 41.7 Å². The first-order valence-electron chi connectivity index (χ1n) is 6.73. The standard InChI is InChI=1S/C14H20N4O2S2/c1-17(11-12-7-5-4-6-8-12)22(19,20)16-10-13-9-15-14(21-3)18(13)2/h4-9,16H,10-11H2,1-3H3. The van der Waals surface area contributed by atoms with E-state index in [1.165, 1.54) is 16.1 Å². The first kappa shape index (κ1) is 17.0. The molecule has 22 heavy (non-hydrogen) atoms. The highest BCUT2D eigenvalue weighted by atomic mass is 32.2. The third kappa shape index (κ3) is 4.10. The summed E-state index contributed by atoms with van der Waals surface area (Å²) in [5.74, 6) is 0. The Morgan fingerprint density at radius 2 is 2.00 bits per heavy atom. The van der Waals surface area contributed by atoms with Gasteiger partial charge in [0, 0.05) is 20.6 Å². The van der Waals surface area contributed by atoms with E-state index in [9.17, 15) is 8.42 Å². The molecule has 0 radical (unpaired) electrons. The Kier molecular flexibility index (Phi) is 5.63. The molecule has 0 unspecified atom stereocenters. The van der Waals surface area contributed by atoms with Gasteiger partial charge in [0.05, 0.1) is 18.4 Å². The summed E-state index contributed by atoms with van der Waals surface area (Å²) in [5, 5.41) is 0.854. The third-order valence-corrected chi connectivity index (χ3v) is 5.52. The molecule has 1 N–H and O–H groups in total. The fourth-order valence-electron chi connectivity index (χ4n) is 1.98. The van der Waals surface area contributed by atoms with Crippen molar-refractivity contribution in [2.45, 2.75) is 18.2 Å². The summed E-state index contributed by atoms with van der Waals surface area (Å²) < 4.78 is 30.3. The largest absolute Gasteiger partial charge is 0.325 e. The third-order valence-electron chi connectivity index (χ3n) is 3.32. The Morgan fingerprint density at radius 3 is 2.59 bits per heavy atom. The first-order chi connectivity index (χ1) is 10.4. The maximum atomic E-state index is 12.3. The van der Waals surface area contributed by atoms with E-state index in [0.717, 1.165) is 16.4 Å². The zero-order chi connectivity index (χ0) is 16.2. The number of nitrogens with one attached hydrogen (secondary N) is 1. The van der Waals surface area contributed by atoms with Gasteiger partial charge in [-0.05, 0) is 11.8 Å². The minimum absolute atomic E-state index is 0.214. The van der Waals surface area contributed by atoms with E-state index in [4.69, 9.17) is 0 Å². The van der Waals surface area contributed by atoms with Crippen LogP contribution in [-0.4, -0.2) is 35.6 Å². The number of hydrogen-bond donors (Lipinski definition) is 1. The highest BCUT2D eigenvalue weighted by Crippen LogP contribution is 2.14. The second-order valence-electron chi connectivity index (χ2n) is 4.86. The molecule has 0 saturated carbocycles. The number of aromatic nitrogens is 2. The van der Waals surface area contributed by atoms with Gasteiger partial charge in [-0.2, -0.15) is 17.4 Å². The molecule has 0 saturated heterocycles. The van der Waals surface area contributed by atoms with Crippen molar-refractivity contribution in [3.63, 3.8) is 0 Å². The van der Waals surface area contributed by atoms with Crippen molar-refractivity contribution >= 4 is 22.0 Å². The van der Waals surface area contributed by atoms with Gasteiger partial charge >= 0.3 is 0 Å². The van der Waals surface area contributed by atoms with Crippen molar-refractivity contribution in [3.8, 4) is 0 Å². The average Bonchev–Trinajstić information content (AvgIpc) is 2.86. The predicted molar refractivity (Wildman–Crippen MR) is 88.7 cm³/mol. The molecule has 0 aliphatic heterocycles. The monoisotopic (exact) mass is 340 g/mol. The number of hydrogen-bond acceptors (Lipinski definition) is 4. The zero-order valence-electron chi connectivity index (χ0n) is 12.9. The van der Waals surface area contributed by atoms with Gasteiger partial charge in [0.25, 0.3) is 10.2 Å². The van der Waals surface area contributed by atoms with E-state index in [-0.39, 0.29) is 6.54 Å². The van der Waals surface area contributed by atoms with Gasteiger partial charge in [-0.15, -0.1) is 0 Å². The molecule has 2 rings (SSSR count). The molecular formula is C14H20N4O2S2. The molecule has 1 aromatic carbocycles. The lowest BCUT2D eigenvalue weighted by Gasteiger charge is -2.18. The molecule has 0 atom stereocenters. The molecule has 8 heteroatoms. The number of benzene rings is 1. The summed E-state index contributed by atoms with van der Waals surface area (Å²) in [6, 6.07) is 9.49. The summed E-state index contributed by atoms with van der Waals surface area (Å²) in [5.41, 5.74) is 1.77. The molecule has 1 aromatic heterocycles. The van der Waals surface area contributed by atoms with Crippen molar-refractivity contribution in [2.24, 2.45) is 7.05 Å². The minimum atomic E-state index is -3.54. The Labute approximate surface area is 135 Å². The highest BCUT2D eigenvalue weighted by molar-refractivity contribution is 7.98. The Bertz CT molecular complexity index is 714. The van der Waals surface area contributed by atoms with E-state index in [2.05, 4.69) is 9.71 Å². The average molecular weight is 340 g/mol. The lowest BCUT2D eigenvalue weighted by Crippen LogP contribution is -2.37. The normalized spacial score (nSPS) is 12.0. The van der Waals surface area contributed by atoms with Crippen LogP contribution in [0.4, 0.5) is 0 Å². The van der Waals surface area contributed by atoms with Crippen LogP contribution in [0.25, 0.3) is 0 Å². The number of imidazole rings is 1. The van der Waals surface area contributed by atoms with E-state index in [1.54, 1.807) is 13.2 Å². The van der Waals surface area contributed by atoms with Gasteiger partial charge in [0.1, 0.15) is 0 Å². The molecule has 2 aromatic rings. The molecule has 0 bridgehead atoms. The van der Waals surface area contributed by atoms with Crippen LogP contribution < -0.4 is 4.72 Å². The zero-order valence-corrected chi connectivity index (χ0v) is 14.5. The second kappa shape index (κ2) is 7.28. The van der Waals surface area contributed by atoms with E-state index in [1.807, 2.05) is 48.2 Å². The molecular weight excluding hydrogens is 320 g/mol. The molecule has 120 valence electrons. The van der Waals surface area contributed by atoms with Crippen molar-refractivity contribution < 1.29 is 8.42 Å². The fourth-order valence-corrected chi connectivity index (χ4v) is 3.40. The summed E-state index contributed by atoms with van der Waals surface area (Å²) in [6.07, 6.45) is 3.62. The van der Waals surface area contributed by atoms with Crippen molar-refractivity contribution in [1.82, 2.24) is 18.6 Å². The van der Waals surface area contributed by atoms with Crippen LogP contribution in [0.2, 0.25) is 0 Å². The fraction of sp³-hybridized carbons (Fsp3) is 0.357. The van der Waals surface area contributed by atoms with Crippen molar-refractivity contribution in [1.29, 1.82) is 0 Å². The topological polar surface area (TPSA) is 67.2 Å². The number of nitrogens with zero attached hydrogens (tertiary/aromatic N) is 3. The van der Waals surface area contributed by atoms with Crippen LogP contribution in [-0.2, 0) is 30.3 Å². The predicted octanol–water partition coefficient (Wildman–Crippen LogP) is 1.61. The summed E-state index contributed by atoms with van der Waals surface area (Å²) in [6.45, 7) is 0.545. The van der Waals surface area contributed by atoms with Crippen LogP contribution in [0.3, 0.4) is 0 Å². The maximum absolute atomic E-state index is 12.3. The van der Waals surface area contributed by atoms with Crippen LogP contribution in [0, 0.1) is 0 Å². The van der Waals surface area contributed by atoms with Crippen molar-refractivity contribution in [3.05, 3.63) is 47.8 Å². The molecule has 0 amide bonds. The molecule has 0 aliphatic rings. The van der Waals surface area contributed by atoms with E-state index < -0.39 is 10.2 Å². The lowest BCUT2D eigenvalue weighted by atomic mass is 10.2. The van der Waals surface area contributed by atoms with Gasteiger partial charge < -0.3 is 4.57 Å². The lowest BCUT2D eigenvalue weighted by molar-refractivity contribution is 0.453. The van der Waals surface area contributed by atoms with E-state index >= 15 is 0 Å². The molecule has 1 heterocycles. The van der Waals surface area contributed by atoms with Crippen LogP contribution in [0.1, 0.15) is 11.3 Å². The smallest absolute Gasteiger partial charge is 0.279 e. The summed E-state index contributed by atoms with van der Waals surface area (Å²) >= 11 is 1.52. The maximum Gasteiger partial charge on any atom is 0.279 e. The molecule has 6 nitrogen and oxygen atoms in total. The second-order valence-corrected chi connectivity index (χ2v) is 7.50. The quantitative estimate of drug-likeness (QED) is 0.778. The molecule has 0 fully saturated rings. The van der Waals surface area contributed by atoms with Crippen LogP contribution >= 0.6 is 11.8 Å². The summed E-state index contributed by atoms with van der Waals surface area (Å²) in [4.78, 5) is 4.22. The summed E-state index contributed by atoms with van der Waals surface area (Å²) in [7, 11) is -0.103. The van der Waals surface area contributed by atoms with Gasteiger partial charge in [-0.1, -0.05) is 42.1 Å². The highest BCUT2D eigenvalue weighted by Gasteiger charge is 2.18. The van der Waals surface area contributed by atoms with Crippen molar-refractivity contribution in [2.75, 3.05) is 13.3 Å². The Hall–Kier alpha value is -1.35. The van der Waals surface area contributed by atoms with E-state index in [0.29, 0.717) is 6.54 Å². The van der Waals surface area contributed by atoms with Gasteiger partial charge in [-0.25, -0.2) is 4.98 Å². The number of thioether (sulfide) groups is 1. The Balaban J connectivity index is 1.99. The van der Waals surface area contributed by atoms with Crippen LogP contribution in [0.5, 0.6) is 0 Å². The Morgan fingerprint density at radius 1 is 1.32 bits per heavy atom. The number of rotatable bonds is 7.